The number of carbonyl (C=O) groups is 2. The number of likely N-dealkylation sites (tertiary alicyclic amines) is 1. The van der Waals surface area contributed by atoms with E-state index in [0.29, 0.717) is 36.9 Å². The maximum atomic E-state index is 13.4. The Bertz CT molecular complexity index is 1360. The number of carbonyl (C=O) groups excluding carboxylic acids is 2. The Hall–Kier alpha value is -3.90. The van der Waals surface area contributed by atoms with Crippen molar-refractivity contribution in [1.29, 1.82) is 0 Å². The summed E-state index contributed by atoms with van der Waals surface area (Å²) in [6, 6.07) is 22.5. The summed E-state index contributed by atoms with van der Waals surface area (Å²) in [5.41, 5.74) is 4.81. The Morgan fingerprint density at radius 2 is 1.65 bits per heavy atom. The number of aliphatic hydroxyl groups is 1. The maximum Gasteiger partial charge on any atom is 0.295 e. The molecule has 1 atom stereocenters. The third-order valence-corrected chi connectivity index (χ3v) is 7.63. The number of Topliss-reactive ketones (excluding diaryl/α,β-unsaturated/α-hetero) is 1. The van der Waals surface area contributed by atoms with Crippen LogP contribution < -0.4 is 4.74 Å². The van der Waals surface area contributed by atoms with Crippen molar-refractivity contribution in [3.63, 3.8) is 0 Å². The van der Waals surface area contributed by atoms with E-state index in [2.05, 4.69) is 38.7 Å². The molecule has 210 valence electrons. The van der Waals surface area contributed by atoms with Crippen LogP contribution in [0.1, 0.15) is 67.5 Å². The predicted molar refractivity (Wildman–Crippen MR) is 159 cm³/mol. The van der Waals surface area contributed by atoms with Crippen molar-refractivity contribution in [1.82, 2.24) is 9.80 Å². The van der Waals surface area contributed by atoms with E-state index < -0.39 is 17.7 Å². The molecule has 1 fully saturated rings. The van der Waals surface area contributed by atoms with Gasteiger partial charge in [0.15, 0.2) is 0 Å². The molecule has 0 bridgehead atoms. The van der Waals surface area contributed by atoms with Gasteiger partial charge in [0.05, 0.1) is 11.6 Å². The highest BCUT2D eigenvalue weighted by molar-refractivity contribution is 6.46. The van der Waals surface area contributed by atoms with E-state index in [4.69, 9.17) is 4.74 Å². The van der Waals surface area contributed by atoms with Gasteiger partial charge in [-0.15, -0.1) is 0 Å². The second kappa shape index (κ2) is 13.0. The maximum absolute atomic E-state index is 13.4. The molecule has 1 unspecified atom stereocenters. The molecule has 0 saturated carbocycles. The molecule has 6 nitrogen and oxygen atoms in total. The highest BCUT2D eigenvalue weighted by Crippen LogP contribution is 2.39. The minimum Gasteiger partial charge on any atom is -0.507 e. The van der Waals surface area contributed by atoms with Crippen LogP contribution in [-0.4, -0.2) is 52.8 Å². The fourth-order valence-electron chi connectivity index (χ4n) is 5.14. The molecule has 1 aliphatic rings. The Morgan fingerprint density at radius 3 is 2.25 bits per heavy atom. The Labute approximate surface area is 237 Å². The largest absolute Gasteiger partial charge is 0.507 e. The van der Waals surface area contributed by atoms with Crippen molar-refractivity contribution in [3.8, 4) is 5.75 Å². The first-order chi connectivity index (χ1) is 19.2. The lowest BCUT2D eigenvalue weighted by molar-refractivity contribution is -0.140. The van der Waals surface area contributed by atoms with Gasteiger partial charge in [-0.2, -0.15) is 0 Å². The Balaban J connectivity index is 1.65. The van der Waals surface area contributed by atoms with Crippen LogP contribution in [0.2, 0.25) is 0 Å². The van der Waals surface area contributed by atoms with Crippen molar-refractivity contribution in [2.45, 2.75) is 53.2 Å². The molecule has 0 aliphatic carbocycles. The lowest BCUT2D eigenvalue weighted by Gasteiger charge is -2.28. The molecule has 6 heteroatoms. The summed E-state index contributed by atoms with van der Waals surface area (Å²) in [6.07, 6.45) is 0. The van der Waals surface area contributed by atoms with Crippen molar-refractivity contribution < 1.29 is 19.4 Å². The summed E-state index contributed by atoms with van der Waals surface area (Å²) >= 11 is 0. The number of aryl methyl sites for hydroxylation is 1. The van der Waals surface area contributed by atoms with Crippen molar-refractivity contribution in [2.75, 3.05) is 26.2 Å². The summed E-state index contributed by atoms with van der Waals surface area (Å²) in [5.74, 6) is -0.403. The molecule has 4 rings (SSSR count). The number of rotatable bonds is 11. The van der Waals surface area contributed by atoms with Crippen molar-refractivity contribution >= 4 is 17.4 Å². The molecule has 3 aromatic carbocycles. The van der Waals surface area contributed by atoms with Gasteiger partial charge in [0, 0.05) is 18.7 Å². The lowest BCUT2D eigenvalue weighted by Crippen LogP contribution is -2.38. The number of amides is 1. The number of ketones is 1. The van der Waals surface area contributed by atoms with Gasteiger partial charge in [-0.3, -0.25) is 9.59 Å². The second-order valence-corrected chi connectivity index (χ2v) is 10.6. The Morgan fingerprint density at radius 1 is 0.975 bits per heavy atom. The normalized spacial score (nSPS) is 16.8. The SMILES string of the molecule is CCN(CC)CCN1C(=O)C(=O)C(=C(O)c2ccc(OCc3cccc(C)c3)cc2)C1c1ccc(C(C)C)cc1. The fraction of sp³-hybridized carbons (Fsp3) is 0.353. The van der Waals surface area contributed by atoms with Gasteiger partial charge in [0.1, 0.15) is 18.1 Å². The molecule has 1 aliphatic heterocycles. The number of ether oxygens (including phenoxy) is 1. The summed E-state index contributed by atoms with van der Waals surface area (Å²) in [6.45, 7) is 13.6. The summed E-state index contributed by atoms with van der Waals surface area (Å²) in [5, 5.41) is 11.4. The fourth-order valence-corrected chi connectivity index (χ4v) is 5.14. The summed E-state index contributed by atoms with van der Waals surface area (Å²) in [7, 11) is 0. The average Bonchev–Trinajstić information content (AvgIpc) is 3.21. The quantitative estimate of drug-likeness (QED) is 0.172. The summed E-state index contributed by atoms with van der Waals surface area (Å²) in [4.78, 5) is 30.5. The van der Waals surface area contributed by atoms with Crippen molar-refractivity contribution in [3.05, 3.63) is 106 Å². The first-order valence-corrected chi connectivity index (χ1v) is 14.1. The van der Waals surface area contributed by atoms with Gasteiger partial charge >= 0.3 is 0 Å². The van der Waals surface area contributed by atoms with E-state index in [-0.39, 0.29) is 11.3 Å². The third kappa shape index (κ3) is 6.45. The van der Waals surface area contributed by atoms with Gasteiger partial charge in [-0.1, -0.05) is 81.8 Å². The molecule has 1 amide bonds. The monoisotopic (exact) mass is 540 g/mol. The van der Waals surface area contributed by atoms with Crippen LogP contribution in [0.3, 0.4) is 0 Å². The number of hydrogen-bond donors (Lipinski definition) is 1. The van der Waals surface area contributed by atoms with Crippen LogP contribution in [0.4, 0.5) is 0 Å². The molecule has 1 heterocycles. The smallest absolute Gasteiger partial charge is 0.295 e. The molecule has 3 aromatic rings. The number of nitrogens with zero attached hydrogens (tertiary/aromatic N) is 2. The second-order valence-electron chi connectivity index (χ2n) is 10.6. The third-order valence-electron chi connectivity index (χ3n) is 7.63. The molecule has 1 saturated heterocycles. The molecule has 0 radical (unpaired) electrons. The molecule has 0 aromatic heterocycles. The summed E-state index contributed by atoms with van der Waals surface area (Å²) < 4.78 is 5.93. The number of aliphatic hydroxyl groups excluding tert-OH is 1. The zero-order valence-corrected chi connectivity index (χ0v) is 24.2. The highest BCUT2D eigenvalue weighted by atomic mass is 16.5. The van der Waals surface area contributed by atoms with Crippen LogP contribution in [0.25, 0.3) is 5.76 Å². The van der Waals surface area contributed by atoms with Crippen LogP contribution >= 0.6 is 0 Å². The van der Waals surface area contributed by atoms with E-state index in [1.807, 2.05) is 49.4 Å². The van der Waals surface area contributed by atoms with E-state index in [9.17, 15) is 14.7 Å². The zero-order valence-electron chi connectivity index (χ0n) is 24.2. The molecule has 1 N–H and O–H groups in total. The molecule has 0 spiro atoms. The van der Waals surface area contributed by atoms with E-state index in [1.165, 1.54) is 11.1 Å². The Kier molecular flexibility index (Phi) is 9.43. The zero-order chi connectivity index (χ0) is 28.8. The lowest BCUT2D eigenvalue weighted by atomic mass is 9.93. The van der Waals surface area contributed by atoms with Crippen LogP contribution in [0.15, 0.2) is 78.4 Å². The van der Waals surface area contributed by atoms with Gasteiger partial charge in [-0.25, -0.2) is 0 Å². The molecular weight excluding hydrogens is 500 g/mol. The number of hydrogen-bond acceptors (Lipinski definition) is 5. The van der Waals surface area contributed by atoms with E-state index >= 15 is 0 Å². The highest BCUT2D eigenvalue weighted by Gasteiger charge is 2.46. The van der Waals surface area contributed by atoms with Crippen molar-refractivity contribution in [2.24, 2.45) is 0 Å². The molecule has 40 heavy (non-hydrogen) atoms. The van der Waals surface area contributed by atoms with Gasteiger partial charge in [0.2, 0.25) is 0 Å². The minimum atomic E-state index is -0.658. The van der Waals surface area contributed by atoms with Crippen LogP contribution in [0, 0.1) is 6.92 Å². The predicted octanol–water partition coefficient (Wildman–Crippen LogP) is 6.46. The topological polar surface area (TPSA) is 70.1 Å². The molecular formula is C34H40N2O4. The van der Waals surface area contributed by atoms with Crippen LogP contribution in [-0.2, 0) is 16.2 Å². The van der Waals surface area contributed by atoms with Gasteiger partial charge in [0.25, 0.3) is 11.7 Å². The van der Waals surface area contributed by atoms with E-state index in [0.717, 1.165) is 24.2 Å². The average molecular weight is 541 g/mol. The number of benzene rings is 3. The minimum absolute atomic E-state index is 0.121. The van der Waals surface area contributed by atoms with Gasteiger partial charge in [-0.05, 0) is 66.9 Å². The van der Waals surface area contributed by atoms with E-state index in [1.54, 1.807) is 29.2 Å². The first kappa shape index (κ1) is 29.1. The number of likely N-dealkylation sites (N-methyl/N-ethyl adjacent to an activating group) is 1. The van der Waals surface area contributed by atoms with Gasteiger partial charge < -0.3 is 19.6 Å². The standard InChI is InChI=1S/C34H40N2O4/c1-6-35(7-2)19-20-36-31(27-13-11-26(12-14-27)23(3)4)30(33(38)34(36)39)32(37)28-15-17-29(18-16-28)40-22-25-10-8-9-24(5)21-25/h8-18,21,23,31,37H,6-7,19-20,22H2,1-5H3. The first-order valence-electron chi connectivity index (χ1n) is 14.1. The van der Waals surface area contributed by atoms with Crippen LogP contribution in [0.5, 0.6) is 5.75 Å².